The number of fused-ring (bicyclic) bond motifs is 1. The molecule has 0 aromatic heterocycles. The lowest BCUT2D eigenvalue weighted by Gasteiger charge is -2.04. The minimum atomic E-state index is -0.280. The van der Waals surface area contributed by atoms with Crippen molar-refractivity contribution < 1.29 is 13.9 Å². The van der Waals surface area contributed by atoms with Crippen molar-refractivity contribution in [3.8, 4) is 5.75 Å². The Morgan fingerprint density at radius 2 is 2.15 bits per heavy atom. The second kappa shape index (κ2) is 5.67. The zero-order valence-electron chi connectivity index (χ0n) is 10.8. The molecule has 0 fully saturated rings. The standard InChI is InChI=1S/C16H13FO2S/c17-13-2-1-3-14(9-13)20-10-15(18)11-4-5-16-12(8-11)6-7-19-16/h1-5,8-9H,6-7,10H2. The van der Waals surface area contributed by atoms with E-state index in [9.17, 15) is 9.18 Å². The summed E-state index contributed by atoms with van der Waals surface area (Å²) in [6.07, 6.45) is 0.855. The summed E-state index contributed by atoms with van der Waals surface area (Å²) in [5.41, 5.74) is 1.78. The van der Waals surface area contributed by atoms with Crippen molar-refractivity contribution in [3.05, 3.63) is 59.4 Å². The topological polar surface area (TPSA) is 26.3 Å². The first kappa shape index (κ1) is 13.2. The fraction of sp³-hybridized carbons (Fsp3) is 0.188. The molecule has 102 valence electrons. The largest absolute Gasteiger partial charge is 0.493 e. The molecular weight excluding hydrogens is 275 g/mol. The number of hydrogen-bond acceptors (Lipinski definition) is 3. The molecule has 0 N–H and O–H groups in total. The summed E-state index contributed by atoms with van der Waals surface area (Å²) in [7, 11) is 0. The smallest absolute Gasteiger partial charge is 0.173 e. The molecule has 0 atom stereocenters. The van der Waals surface area contributed by atoms with E-state index < -0.39 is 0 Å². The van der Waals surface area contributed by atoms with Crippen LogP contribution in [0.4, 0.5) is 4.39 Å². The monoisotopic (exact) mass is 288 g/mol. The Morgan fingerprint density at radius 3 is 3.00 bits per heavy atom. The number of carbonyl (C=O) groups excluding carboxylic acids is 1. The maximum absolute atomic E-state index is 13.1. The lowest BCUT2D eigenvalue weighted by Crippen LogP contribution is -2.02. The van der Waals surface area contributed by atoms with Crippen LogP contribution in [0.5, 0.6) is 5.75 Å². The van der Waals surface area contributed by atoms with Crippen molar-refractivity contribution in [2.45, 2.75) is 11.3 Å². The lowest BCUT2D eigenvalue weighted by atomic mass is 10.1. The zero-order valence-corrected chi connectivity index (χ0v) is 11.6. The summed E-state index contributed by atoms with van der Waals surface area (Å²) in [4.78, 5) is 12.9. The van der Waals surface area contributed by atoms with E-state index in [4.69, 9.17) is 4.74 Å². The zero-order chi connectivity index (χ0) is 13.9. The van der Waals surface area contributed by atoms with Gasteiger partial charge in [0.1, 0.15) is 11.6 Å². The molecule has 3 rings (SSSR count). The molecule has 0 bridgehead atoms. The Kier molecular flexibility index (Phi) is 3.74. The summed E-state index contributed by atoms with van der Waals surface area (Å²) in [6, 6.07) is 11.8. The molecule has 1 aliphatic rings. The highest BCUT2D eigenvalue weighted by Gasteiger charge is 2.15. The second-order valence-corrected chi connectivity index (χ2v) is 5.64. The number of ether oxygens (including phenoxy) is 1. The third-order valence-electron chi connectivity index (χ3n) is 3.18. The SMILES string of the molecule is O=C(CSc1cccc(F)c1)c1ccc2c(c1)CCO2. The number of carbonyl (C=O) groups is 1. The maximum atomic E-state index is 13.1. The van der Waals surface area contributed by atoms with Crippen LogP contribution in [0.25, 0.3) is 0 Å². The minimum absolute atomic E-state index is 0.0500. The van der Waals surface area contributed by atoms with E-state index in [0.29, 0.717) is 17.9 Å². The van der Waals surface area contributed by atoms with Crippen LogP contribution in [-0.2, 0) is 6.42 Å². The van der Waals surface area contributed by atoms with Gasteiger partial charge in [-0.05, 0) is 42.0 Å². The van der Waals surface area contributed by atoms with E-state index in [1.54, 1.807) is 18.2 Å². The van der Waals surface area contributed by atoms with Gasteiger partial charge in [-0.3, -0.25) is 4.79 Å². The van der Waals surface area contributed by atoms with Gasteiger partial charge < -0.3 is 4.74 Å². The highest BCUT2D eigenvalue weighted by atomic mass is 32.2. The first-order chi connectivity index (χ1) is 9.72. The third kappa shape index (κ3) is 2.85. The van der Waals surface area contributed by atoms with E-state index in [0.717, 1.165) is 22.6 Å². The van der Waals surface area contributed by atoms with E-state index >= 15 is 0 Å². The molecule has 0 saturated heterocycles. The van der Waals surface area contributed by atoms with Gasteiger partial charge in [-0.25, -0.2) is 4.39 Å². The molecule has 2 nitrogen and oxygen atoms in total. The molecule has 0 radical (unpaired) electrons. The summed E-state index contributed by atoms with van der Waals surface area (Å²) < 4.78 is 18.5. The lowest BCUT2D eigenvalue weighted by molar-refractivity contribution is 0.102. The Labute approximate surface area is 121 Å². The molecule has 2 aromatic rings. The Morgan fingerprint density at radius 1 is 1.25 bits per heavy atom. The van der Waals surface area contributed by atoms with Crippen LogP contribution < -0.4 is 4.74 Å². The second-order valence-electron chi connectivity index (χ2n) is 4.59. The van der Waals surface area contributed by atoms with Gasteiger partial charge in [0.2, 0.25) is 0 Å². The predicted molar refractivity (Wildman–Crippen MR) is 77.1 cm³/mol. The Bertz CT molecular complexity index is 655. The normalized spacial score (nSPS) is 12.8. The number of hydrogen-bond donors (Lipinski definition) is 0. The van der Waals surface area contributed by atoms with Crippen molar-refractivity contribution >= 4 is 17.5 Å². The summed E-state index contributed by atoms with van der Waals surface area (Å²) in [5.74, 6) is 0.953. The van der Waals surface area contributed by atoms with Gasteiger partial charge >= 0.3 is 0 Å². The van der Waals surface area contributed by atoms with Gasteiger partial charge in [-0.2, -0.15) is 0 Å². The van der Waals surface area contributed by atoms with Gasteiger partial charge in [-0.1, -0.05) is 6.07 Å². The van der Waals surface area contributed by atoms with Crippen LogP contribution in [0.3, 0.4) is 0 Å². The number of ketones is 1. The molecule has 0 unspecified atom stereocenters. The highest BCUT2D eigenvalue weighted by molar-refractivity contribution is 8.00. The van der Waals surface area contributed by atoms with Crippen LogP contribution in [0.1, 0.15) is 15.9 Å². The van der Waals surface area contributed by atoms with Crippen LogP contribution in [0, 0.1) is 5.82 Å². The highest BCUT2D eigenvalue weighted by Crippen LogP contribution is 2.27. The number of Topliss-reactive ketones (excluding diaryl/α,β-unsaturated/α-hetero) is 1. The first-order valence-electron chi connectivity index (χ1n) is 6.40. The molecule has 0 amide bonds. The van der Waals surface area contributed by atoms with Crippen LogP contribution in [0.15, 0.2) is 47.4 Å². The summed E-state index contributed by atoms with van der Waals surface area (Å²) in [6.45, 7) is 0.686. The van der Waals surface area contributed by atoms with Gasteiger partial charge in [0.05, 0.1) is 12.4 Å². The number of benzene rings is 2. The van der Waals surface area contributed by atoms with Gasteiger partial charge in [-0.15, -0.1) is 11.8 Å². The molecule has 0 saturated carbocycles. The van der Waals surface area contributed by atoms with Crippen molar-refractivity contribution in [2.75, 3.05) is 12.4 Å². The van der Waals surface area contributed by atoms with Crippen LogP contribution in [0.2, 0.25) is 0 Å². The average Bonchev–Trinajstić information content (AvgIpc) is 2.92. The number of thioether (sulfide) groups is 1. The first-order valence-corrected chi connectivity index (χ1v) is 7.38. The molecule has 4 heteroatoms. The third-order valence-corrected chi connectivity index (χ3v) is 4.17. The molecule has 1 heterocycles. The molecule has 0 aliphatic carbocycles. The molecule has 2 aromatic carbocycles. The van der Waals surface area contributed by atoms with Crippen molar-refractivity contribution in [3.63, 3.8) is 0 Å². The van der Waals surface area contributed by atoms with Crippen LogP contribution in [-0.4, -0.2) is 18.1 Å². The Hall–Kier alpha value is -1.81. The van der Waals surface area contributed by atoms with Crippen molar-refractivity contribution in [1.29, 1.82) is 0 Å². The summed E-state index contributed by atoms with van der Waals surface area (Å²) >= 11 is 1.35. The average molecular weight is 288 g/mol. The molecular formula is C16H13FO2S. The number of rotatable bonds is 4. The van der Waals surface area contributed by atoms with Gasteiger partial charge in [0.25, 0.3) is 0 Å². The van der Waals surface area contributed by atoms with Gasteiger partial charge in [0.15, 0.2) is 5.78 Å². The van der Waals surface area contributed by atoms with E-state index in [2.05, 4.69) is 0 Å². The molecule has 0 spiro atoms. The molecule has 20 heavy (non-hydrogen) atoms. The maximum Gasteiger partial charge on any atom is 0.173 e. The summed E-state index contributed by atoms with van der Waals surface area (Å²) in [5, 5.41) is 0. The van der Waals surface area contributed by atoms with Crippen molar-refractivity contribution in [1.82, 2.24) is 0 Å². The fourth-order valence-corrected chi connectivity index (χ4v) is 2.98. The molecule has 1 aliphatic heterocycles. The van der Waals surface area contributed by atoms with E-state index in [1.165, 1.54) is 23.9 Å². The fourth-order valence-electron chi connectivity index (χ4n) is 2.15. The Balaban J connectivity index is 1.67. The van der Waals surface area contributed by atoms with Crippen LogP contribution >= 0.6 is 11.8 Å². The van der Waals surface area contributed by atoms with Crippen molar-refractivity contribution in [2.24, 2.45) is 0 Å². The number of halogens is 1. The minimum Gasteiger partial charge on any atom is -0.493 e. The van der Waals surface area contributed by atoms with Gasteiger partial charge in [0, 0.05) is 16.9 Å². The predicted octanol–water partition coefficient (Wildman–Crippen LogP) is 3.74. The quantitative estimate of drug-likeness (QED) is 0.633. The van der Waals surface area contributed by atoms with E-state index in [1.807, 2.05) is 12.1 Å². The van der Waals surface area contributed by atoms with E-state index in [-0.39, 0.29) is 11.6 Å².